The molecule has 0 spiro atoms. The zero-order valence-electron chi connectivity index (χ0n) is 15.2. The normalized spacial score (nSPS) is 19.4. The van der Waals surface area contributed by atoms with Crippen LogP contribution in [0.5, 0.6) is 5.75 Å². The standard InChI is InChI=1S/C18H27N3O3.ClH/c1-12(2)18(3,11-19)20-17(23)13-9-16(22)21(10-13)14-7-5-6-8-15(14)24-4;/h5-8,12-13H,9-11,19H2,1-4H3,(H,20,23);1H. The molecule has 0 saturated carbocycles. The quantitative estimate of drug-likeness (QED) is 0.802. The Balaban J connectivity index is 0.00000312. The molecule has 1 aliphatic rings. The molecule has 0 radical (unpaired) electrons. The number of benzene rings is 1. The Morgan fingerprint density at radius 3 is 2.64 bits per heavy atom. The Morgan fingerprint density at radius 2 is 2.08 bits per heavy atom. The first-order chi connectivity index (χ1) is 11.3. The molecule has 25 heavy (non-hydrogen) atoms. The van der Waals surface area contributed by atoms with Crippen LogP contribution in [0.1, 0.15) is 27.2 Å². The van der Waals surface area contributed by atoms with E-state index in [2.05, 4.69) is 5.32 Å². The number of nitrogens with two attached hydrogens (primary N) is 1. The van der Waals surface area contributed by atoms with E-state index in [4.69, 9.17) is 10.5 Å². The minimum atomic E-state index is -0.474. The predicted octanol–water partition coefficient (Wildman–Crippen LogP) is 1.96. The number of amides is 2. The summed E-state index contributed by atoms with van der Waals surface area (Å²) in [5.74, 6) is 0.253. The number of hydrogen-bond donors (Lipinski definition) is 2. The molecular weight excluding hydrogens is 342 g/mol. The third-order valence-corrected chi connectivity index (χ3v) is 4.98. The van der Waals surface area contributed by atoms with E-state index in [0.29, 0.717) is 24.5 Å². The molecule has 1 fully saturated rings. The molecule has 1 aromatic rings. The SMILES string of the molecule is COc1ccccc1N1CC(C(=O)NC(C)(CN)C(C)C)CC1=O.Cl. The van der Waals surface area contributed by atoms with Gasteiger partial charge in [-0.25, -0.2) is 0 Å². The summed E-state index contributed by atoms with van der Waals surface area (Å²) in [4.78, 5) is 26.6. The van der Waals surface area contributed by atoms with Crippen molar-refractivity contribution in [3.05, 3.63) is 24.3 Å². The number of hydrogen-bond acceptors (Lipinski definition) is 4. The number of carbonyl (C=O) groups excluding carboxylic acids is 2. The summed E-state index contributed by atoms with van der Waals surface area (Å²) in [6, 6.07) is 7.33. The first-order valence-corrected chi connectivity index (χ1v) is 8.28. The maximum Gasteiger partial charge on any atom is 0.227 e. The highest BCUT2D eigenvalue weighted by Crippen LogP contribution is 2.33. The number of para-hydroxylation sites is 2. The first-order valence-electron chi connectivity index (χ1n) is 8.28. The maximum atomic E-state index is 12.6. The van der Waals surface area contributed by atoms with Gasteiger partial charge in [-0.3, -0.25) is 9.59 Å². The molecule has 1 saturated heterocycles. The van der Waals surface area contributed by atoms with Crippen molar-refractivity contribution >= 4 is 29.9 Å². The van der Waals surface area contributed by atoms with Gasteiger partial charge in [0.2, 0.25) is 11.8 Å². The molecule has 2 rings (SSSR count). The minimum Gasteiger partial charge on any atom is -0.495 e. The molecule has 3 N–H and O–H groups in total. The van der Waals surface area contributed by atoms with E-state index in [1.807, 2.05) is 39.0 Å². The molecule has 7 heteroatoms. The Bertz CT molecular complexity index is 623. The number of nitrogens with one attached hydrogen (secondary N) is 1. The van der Waals surface area contributed by atoms with E-state index in [0.717, 1.165) is 0 Å². The number of carbonyl (C=O) groups is 2. The van der Waals surface area contributed by atoms with Crippen LogP contribution >= 0.6 is 12.4 Å². The van der Waals surface area contributed by atoms with Gasteiger partial charge in [0.05, 0.1) is 24.3 Å². The van der Waals surface area contributed by atoms with E-state index >= 15 is 0 Å². The van der Waals surface area contributed by atoms with E-state index < -0.39 is 5.54 Å². The Kier molecular flexibility index (Phi) is 7.26. The average molecular weight is 370 g/mol. The molecule has 2 amide bonds. The Labute approximate surface area is 155 Å². The zero-order valence-corrected chi connectivity index (χ0v) is 16.1. The highest BCUT2D eigenvalue weighted by atomic mass is 35.5. The van der Waals surface area contributed by atoms with Crippen molar-refractivity contribution in [1.29, 1.82) is 0 Å². The van der Waals surface area contributed by atoms with E-state index in [1.165, 1.54) is 0 Å². The summed E-state index contributed by atoms with van der Waals surface area (Å²) in [6.07, 6.45) is 0.197. The van der Waals surface area contributed by atoms with Crippen LogP contribution in [0.4, 0.5) is 5.69 Å². The third-order valence-electron chi connectivity index (χ3n) is 4.98. The van der Waals surface area contributed by atoms with Crippen LogP contribution in [0.25, 0.3) is 0 Å². The van der Waals surface area contributed by atoms with Crippen LogP contribution in [0.3, 0.4) is 0 Å². The average Bonchev–Trinajstić information content (AvgIpc) is 2.96. The Hall–Kier alpha value is -1.79. The Morgan fingerprint density at radius 1 is 1.44 bits per heavy atom. The van der Waals surface area contributed by atoms with Crippen molar-refractivity contribution in [2.75, 3.05) is 25.1 Å². The fourth-order valence-corrected chi connectivity index (χ4v) is 2.78. The van der Waals surface area contributed by atoms with Gasteiger partial charge in [-0.05, 0) is 25.0 Å². The first kappa shape index (κ1) is 21.3. The number of halogens is 1. The second-order valence-electron chi connectivity index (χ2n) is 6.84. The largest absolute Gasteiger partial charge is 0.495 e. The lowest BCUT2D eigenvalue weighted by Crippen LogP contribution is -2.56. The molecule has 0 bridgehead atoms. The second-order valence-corrected chi connectivity index (χ2v) is 6.84. The van der Waals surface area contributed by atoms with Gasteiger partial charge < -0.3 is 20.7 Å². The molecule has 140 valence electrons. The van der Waals surface area contributed by atoms with Gasteiger partial charge in [-0.1, -0.05) is 26.0 Å². The monoisotopic (exact) mass is 369 g/mol. The summed E-state index contributed by atoms with van der Waals surface area (Å²) >= 11 is 0. The minimum absolute atomic E-state index is 0. The zero-order chi connectivity index (χ0) is 17.9. The smallest absolute Gasteiger partial charge is 0.227 e. The molecule has 6 nitrogen and oxygen atoms in total. The lowest BCUT2D eigenvalue weighted by Gasteiger charge is -2.34. The number of rotatable bonds is 6. The third kappa shape index (κ3) is 4.44. The summed E-state index contributed by atoms with van der Waals surface area (Å²) in [5.41, 5.74) is 6.06. The van der Waals surface area contributed by atoms with Crippen LogP contribution in [0.15, 0.2) is 24.3 Å². The van der Waals surface area contributed by atoms with Crippen LogP contribution < -0.4 is 20.7 Å². The molecule has 0 aromatic heterocycles. The van der Waals surface area contributed by atoms with Gasteiger partial charge in [0.1, 0.15) is 5.75 Å². The van der Waals surface area contributed by atoms with Crippen LogP contribution in [0, 0.1) is 11.8 Å². The lowest BCUT2D eigenvalue weighted by atomic mass is 9.87. The van der Waals surface area contributed by atoms with Gasteiger partial charge in [-0.15, -0.1) is 12.4 Å². The van der Waals surface area contributed by atoms with Crippen molar-refractivity contribution in [2.45, 2.75) is 32.7 Å². The predicted molar refractivity (Wildman–Crippen MR) is 101 cm³/mol. The molecule has 1 heterocycles. The summed E-state index contributed by atoms with van der Waals surface area (Å²) in [7, 11) is 1.57. The van der Waals surface area contributed by atoms with Crippen molar-refractivity contribution < 1.29 is 14.3 Å². The van der Waals surface area contributed by atoms with Crippen molar-refractivity contribution in [2.24, 2.45) is 17.6 Å². The van der Waals surface area contributed by atoms with Crippen LogP contribution in [-0.4, -0.2) is 37.6 Å². The van der Waals surface area contributed by atoms with Gasteiger partial charge in [0.15, 0.2) is 0 Å². The molecule has 2 atom stereocenters. The van der Waals surface area contributed by atoms with Crippen molar-refractivity contribution in [3.63, 3.8) is 0 Å². The van der Waals surface area contributed by atoms with E-state index in [-0.39, 0.29) is 42.5 Å². The number of methoxy groups -OCH3 is 1. The fraction of sp³-hybridized carbons (Fsp3) is 0.556. The second kappa shape index (κ2) is 8.54. The van der Waals surface area contributed by atoms with Gasteiger partial charge >= 0.3 is 0 Å². The maximum absolute atomic E-state index is 12.6. The van der Waals surface area contributed by atoms with Crippen molar-refractivity contribution in [1.82, 2.24) is 5.32 Å². The summed E-state index contributed by atoms with van der Waals surface area (Å²) in [5, 5.41) is 3.03. The number of anilines is 1. The molecule has 1 aliphatic heterocycles. The van der Waals surface area contributed by atoms with E-state index in [9.17, 15) is 9.59 Å². The van der Waals surface area contributed by atoms with Crippen LogP contribution in [0.2, 0.25) is 0 Å². The highest BCUT2D eigenvalue weighted by molar-refractivity contribution is 6.01. The number of ether oxygens (including phenoxy) is 1. The van der Waals surface area contributed by atoms with Crippen molar-refractivity contribution in [3.8, 4) is 5.75 Å². The fourth-order valence-electron chi connectivity index (χ4n) is 2.78. The van der Waals surface area contributed by atoms with E-state index in [1.54, 1.807) is 18.1 Å². The van der Waals surface area contributed by atoms with Gasteiger partial charge in [0, 0.05) is 19.5 Å². The molecule has 0 aliphatic carbocycles. The number of nitrogens with zero attached hydrogens (tertiary/aromatic N) is 1. The molecule has 1 aromatic carbocycles. The van der Waals surface area contributed by atoms with Crippen LogP contribution in [-0.2, 0) is 9.59 Å². The summed E-state index contributed by atoms with van der Waals surface area (Å²) in [6.45, 7) is 6.68. The molecular formula is C18H28ClN3O3. The lowest BCUT2D eigenvalue weighted by molar-refractivity contribution is -0.128. The summed E-state index contributed by atoms with van der Waals surface area (Å²) < 4.78 is 5.32. The molecule has 2 unspecified atom stereocenters. The van der Waals surface area contributed by atoms with Gasteiger partial charge in [-0.2, -0.15) is 0 Å². The highest BCUT2D eigenvalue weighted by Gasteiger charge is 2.39. The van der Waals surface area contributed by atoms with Gasteiger partial charge in [0.25, 0.3) is 0 Å². The topological polar surface area (TPSA) is 84.7 Å².